The molecule has 136 valence electrons. The van der Waals surface area contributed by atoms with Gasteiger partial charge in [-0.1, -0.05) is 41.1 Å². The molecule has 0 aliphatic heterocycles. The van der Waals surface area contributed by atoms with Crippen molar-refractivity contribution in [2.75, 3.05) is 4.90 Å². The Morgan fingerprint density at radius 1 is 1.22 bits per heavy atom. The topological polar surface area (TPSA) is 46.3 Å². The number of anilines is 1. The summed E-state index contributed by atoms with van der Waals surface area (Å²) in [4.78, 5) is 19.1. The first-order chi connectivity index (χ1) is 13.0. The van der Waals surface area contributed by atoms with Crippen LogP contribution in [0.15, 0.2) is 59.2 Å². The minimum atomic E-state index is -0.581. The van der Waals surface area contributed by atoms with Crippen LogP contribution in [-0.4, -0.2) is 10.9 Å². The highest BCUT2D eigenvalue weighted by molar-refractivity contribution is 7.23. The summed E-state index contributed by atoms with van der Waals surface area (Å²) in [6.45, 7) is 2.06. The lowest BCUT2D eigenvalue weighted by Crippen LogP contribution is -2.30. The molecule has 0 atom stereocenters. The quantitative estimate of drug-likeness (QED) is 0.432. The molecule has 0 fully saturated rings. The van der Waals surface area contributed by atoms with Gasteiger partial charge in [0.25, 0.3) is 5.91 Å². The van der Waals surface area contributed by atoms with Gasteiger partial charge in [-0.2, -0.15) is 0 Å². The molecule has 0 saturated carbocycles. The average Bonchev–Trinajstić information content (AvgIpc) is 3.33. The average molecular weight is 401 g/mol. The summed E-state index contributed by atoms with van der Waals surface area (Å²) in [5.41, 5.74) is 1.66. The van der Waals surface area contributed by atoms with Crippen molar-refractivity contribution in [3.8, 4) is 0 Å². The lowest BCUT2D eigenvalue weighted by molar-refractivity contribution is 0.0979. The number of halogens is 2. The first-order valence-electron chi connectivity index (χ1n) is 8.19. The van der Waals surface area contributed by atoms with Crippen LogP contribution < -0.4 is 4.90 Å². The number of aromatic nitrogens is 1. The molecule has 4 aromatic rings. The maximum absolute atomic E-state index is 14.2. The molecule has 0 spiro atoms. The Hall–Kier alpha value is -2.70. The van der Waals surface area contributed by atoms with Gasteiger partial charge in [-0.05, 0) is 42.8 Å². The smallest absolute Gasteiger partial charge is 0.263 e. The van der Waals surface area contributed by atoms with Crippen molar-refractivity contribution >= 4 is 44.2 Å². The number of nitrogens with zero attached hydrogens (tertiary/aromatic N) is 2. The number of hydrogen-bond donors (Lipinski definition) is 0. The Balaban J connectivity index is 1.83. The number of benzene rings is 2. The molecular weight excluding hydrogens is 387 g/mol. The molecule has 0 saturated heterocycles. The fourth-order valence-corrected chi connectivity index (χ4v) is 4.09. The normalized spacial score (nSPS) is 11.1. The van der Waals surface area contributed by atoms with Crippen LogP contribution in [0.2, 0.25) is 5.02 Å². The number of aryl methyl sites for hydroxylation is 1. The number of hydrogen-bond acceptors (Lipinski definition) is 4. The second-order valence-corrected chi connectivity index (χ2v) is 7.37. The number of rotatable bonds is 4. The second-order valence-electron chi connectivity index (χ2n) is 5.99. The minimum absolute atomic E-state index is 0.0221. The van der Waals surface area contributed by atoms with Crippen LogP contribution in [0.5, 0.6) is 0 Å². The third-order valence-corrected chi connectivity index (χ3v) is 5.70. The summed E-state index contributed by atoms with van der Waals surface area (Å²) >= 11 is 7.59. The van der Waals surface area contributed by atoms with Gasteiger partial charge in [-0.25, -0.2) is 9.37 Å². The van der Waals surface area contributed by atoms with Crippen LogP contribution in [0.3, 0.4) is 0 Å². The number of furan rings is 1. The Bertz CT molecular complexity index is 1090. The standard InChI is InChI=1S/C20H14ClFN2O2S/c1-12-8-9-15(21)18-17(12)23-20(27-18)24(11-13-5-4-10-26-13)19(25)14-6-2-3-7-16(14)22/h2-10H,11H2,1H3. The van der Waals surface area contributed by atoms with E-state index in [0.29, 0.717) is 15.9 Å². The van der Waals surface area contributed by atoms with Gasteiger partial charge in [0, 0.05) is 0 Å². The zero-order chi connectivity index (χ0) is 19.0. The van der Waals surface area contributed by atoms with E-state index in [0.717, 1.165) is 15.8 Å². The highest BCUT2D eigenvalue weighted by Crippen LogP contribution is 2.36. The Morgan fingerprint density at radius 3 is 2.74 bits per heavy atom. The summed E-state index contributed by atoms with van der Waals surface area (Å²) in [7, 11) is 0. The number of amides is 1. The fraction of sp³-hybridized carbons (Fsp3) is 0.100. The molecule has 0 bridgehead atoms. The summed E-state index contributed by atoms with van der Waals surface area (Å²) in [6.07, 6.45) is 1.53. The second kappa shape index (κ2) is 7.13. The minimum Gasteiger partial charge on any atom is -0.467 e. The number of carbonyl (C=O) groups is 1. The number of fused-ring (bicyclic) bond motifs is 1. The van der Waals surface area contributed by atoms with Crippen molar-refractivity contribution in [1.29, 1.82) is 0 Å². The van der Waals surface area contributed by atoms with Gasteiger partial charge >= 0.3 is 0 Å². The van der Waals surface area contributed by atoms with Gasteiger partial charge in [0.05, 0.1) is 33.6 Å². The summed E-state index contributed by atoms with van der Waals surface area (Å²) in [5, 5.41) is 1.00. The van der Waals surface area contributed by atoms with Crippen molar-refractivity contribution in [2.24, 2.45) is 0 Å². The van der Waals surface area contributed by atoms with E-state index in [4.69, 9.17) is 16.0 Å². The summed E-state index contributed by atoms with van der Waals surface area (Å²) < 4.78 is 20.4. The number of thiazole rings is 1. The van der Waals surface area contributed by atoms with E-state index >= 15 is 0 Å². The van der Waals surface area contributed by atoms with Crippen LogP contribution in [0.1, 0.15) is 21.7 Å². The lowest BCUT2D eigenvalue weighted by atomic mass is 10.2. The van der Waals surface area contributed by atoms with Gasteiger partial charge in [0.1, 0.15) is 11.6 Å². The molecule has 0 radical (unpaired) electrons. The van der Waals surface area contributed by atoms with Crippen LogP contribution >= 0.6 is 22.9 Å². The molecule has 2 heterocycles. The van der Waals surface area contributed by atoms with Crippen molar-refractivity contribution in [3.05, 3.63) is 82.5 Å². The SMILES string of the molecule is Cc1ccc(Cl)c2sc(N(Cc3ccco3)C(=O)c3ccccc3F)nc12. The zero-order valence-electron chi connectivity index (χ0n) is 14.3. The van der Waals surface area contributed by atoms with Crippen molar-refractivity contribution in [2.45, 2.75) is 13.5 Å². The van der Waals surface area contributed by atoms with Gasteiger partial charge in [-0.3, -0.25) is 9.69 Å². The van der Waals surface area contributed by atoms with E-state index < -0.39 is 11.7 Å². The molecule has 2 aromatic carbocycles. The highest BCUT2D eigenvalue weighted by atomic mass is 35.5. The van der Waals surface area contributed by atoms with E-state index in [2.05, 4.69) is 4.98 Å². The molecule has 0 aliphatic rings. The predicted octanol–water partition coefficient (Wildman–Crippen LogP) is 5.84. The van der Waals surface area contributed by atoms with Crippen LogP contribution in [-0.2, 0) is 6.54 Å². The van der Waals surface area contributed by atoms with Crippen LogP contribution in [0, 0.1) is 12.7 Å². The van der Waals surface area contributed by atoms with Gasteiger partial charge in [0.2, 0.25) is 0 Å². The van der Waals surface area contributed by atoms with Gasteiger partial charge < -0.3 is 4.42 Å². The summed E-state index contributed by atoms with van der Waals surface area (Å²) in [6, 6.07) is 13.1. The summed E-state index contributed by atoms with van der Waals surface area (Å²) in [5.74, 6) is -0.499. The Kier molecular flexibility index (Phi) is 4.68. The third-order valence-electron chi connectivity index (χ3n) is 4.16. The first kappa shape index (κ1) is 17.7. The van der Waals surface area contributed by atoms with E-state index in [9.17, 15) is 9.18 Å². The van der Waals surface area contributed by atoms with E-state index in [-0.39, 0.29) is 12.1 Å². The van der Waals surface area contributed by atoms with Gasteiger partial charge in [-0.15, -0.1) is 0 Å². The Morgan fingerprint density at radius 2 is 2.04 bits per heavy atom. The van der Waals surface area contributed by atoms with E-state index in [1.165, 1.54) is 34.6 Å². The van der Waals surface area contributed by atoms with E-state index in [1.54, 1.807) is 30.3 Å². The molecule has 0 aliphatic carbocycles. The largest absolute Gasteiger partial charge is 0.467 e. The monoisotopic (exact) mass is 400 g/mol. The molecular formula is C20H14ClFN2O2S. The van der Waals surface area contributed by atoms with Crippen LogP contribution in [0.25, 0.3) is 10.2 Å². The molecule has 2 aromatic heterocycles. The molecule has 0 unspecified atom stereocenters. The van der Waals surface area contributed by atoms with Crippen molar-refractivity contribution in [3.63, 3.8) is 0 Å². The lowest BCUT2D eigenvalue weighted by Gasteiger charge is -2.19. The molecule has 4 nitrogen and oxygen atoms in total. The highest BCUT2D eigenvalue weighted by Gasteiger charge is 2.25. The molecule has 1 amide bonds. The maximum Gasteiger partial charge on any atom is 0.263 e. The van der Waals surface area contributed by atoms with Crippen molar-refractivity contribution in [1.82, 2.24) is 4.98 Å². The third kappa shape index (κ3) is 3.34. The van der Waals surface area contributed by atoms with E-state index in [1.807, 2.05) is 13.0 Å². The molecule has 27 heavy (non-hydrogen) atoms. The van der Waals surface area contributed by atoms with Gasteiger partial charge in [0.15, 0.2) is 5.13 Å². The van der Waals surface area contributed by atoms with Crippen LogP contribution in [0.4, 0.5) is 9.52 Å². The van der Waals surface area contributed by atoms with Crippen molar-refractivity contribution < 1.29 is 13.6 Å². The predicted molar refractivity (Wildman–Crippen MR) is 105 cm³/mol. The number of carbonyl (C=O) groups excluding carboxylic acids is 1. The first-order valence-corrected chi connectivity index (χ1v) is 9.38. The molecule has 0 N–H and O–H groups in total. The maximum atomic E-state index is 14.2. The zero-order valence-corrected chi connectivity index (χ0v) is 15.9. The molecule has 7 heteroatoms. The molecule has 4 rings (SSSR count). The Labute approximate surface area is 163 Å². The fourth-order valence-electron chi connectivity index (χ4n) is 2.77.